The molecule has 2 rings (SSSR count). The molecule has 0 aromatic rings. The van der Waals surface area contributed by atoms with Crippen LogP contribution in [0.1, 0.15) is 107 Å². The number of carboxylic acid groups (broad SMARTS) is 2. The van der Waals surface area contributed by atoms with E-state index in [2.05, 4.69) is 26.6 Å². The maximum Gasteiger partial charge on any atom is 0.328 e. The quantitative estimate of drug-likeness (QED) is 0.0329. The largest absolute Gasteiger partial charge is 0.481 e. The number of likely N-dealkylation sites (N-methyl/N-ethyl adjacent to an activating group) is 2. The Morgan fingerprint density at radius 3 is 1.82 bits per heavy atom. The Bertz CT molecular complexity index is 2030. The van der Waals surface area contributed by atoms with Crippen molar-refractivity contribution in [3.05, 3.63) is 0 Å². The summed E-state index contributed by atoms with van der Waals surface area (Å²) in [5.74, 6) is -11.0. The van der Waals surface area contributed by atoms with Gasteiger partial charge in [-0.15, -0.1) is 0 Å². The van der Waals surface area contributed by atoms with E-state index in [1.54, 1.807) is 35.8 Å². The van der Waals surface area contributed by atoms with Crippen LogP contribution in [0.15, 0.2) is 0 Å². The molecule has 13 atom stereocenters. The monoisotopic (exact) mass is 1080 g/mol. The molecule has 432 valence electrons. The number of aliphatic hydroxyl groups excluding tert-OH is 1. The first-order chi connectivity index (χ1) is 35.5. The molecule has 0 spiro atoms. The van der Waals surface area contributed by atoms with Crippen LogP contribution in [-0.4, -0.2) is 222 Å². The summed E-state index contributed by atoms with van der Waals surface area (Å²) in [5, 5.41) is 42.2. The molecular weight excluding hydrogens is 997 g/mol. The molecule has 3 unspecified atom stereocenters. The highest BCUT2D eigenvalue weighted by molar-refractivity contribution is 6.06. The normalized spacial score (nSPS) is 19.6. The van der Waals surface area contributed by atoms with E-state index in [0.717, 1.165) is 0 Å². The number of carbonyl (C=O) groups excluding carboxylic acids is 9. The van der Waals surface area contributed by atoms with Gasteiger partial charge in [-0.1, -0.05) is 54.9 Å². The molecule has 0 aromatic carbocycles. The van der Waals surface area contributed by atoms with Gasteiger partial charge in [0, 0.05) is 60.2 Å². The predicted octanol–water partition coefficient (Wildman–Crippen LogP) is -1.99. The number of amides is 9. The van der Waals surface area contributed by atoms with E-state index in [-0.39, 0.29) is 54.7 Å². The Morgan fingerprint density at radius 2 is 1.34 bits per heavy atom. The number of nitrogens with two attached hydrogens (primary N) is 1. The number of carbonyl (C=O) groups is 11. The molecular formula is C50H86N10O16. The van der Waals surface area contributed by atoms with Crippen LogP contribution in [0.3, 0.4) is 0 Å². The van der Waals surface area contributed by atoms with E-state index in [1.807, 2.05) is 41.5 Å². The van der Waals surface area contributed by atoms with Crippen molar-refractivity contribution in [1.29, 1.82) is 0 Å². The Kier molecular flexibility index (Phi) is 26.9. The van der Waals surface area contributed by atoms with Crippen LogP contribution in [0.2, 0.25) is 0 Å². The number of rotatable bonds is 32. The molecule has 0 saturated carbocycles. The lowest BCUT2D eigenvalue weighted by Gasteiger charge is -2.41. The molecule has 2 heterocycles. The summed E-state index contributed by atoms with van der Waals surface area (Å²) >= 11 is 0. The molecule has 0 aromatic heterocycles. The van der Waals surface area contributed by atoms with Crippen molar-refractivity contribution in [2.75, 3.05) is 55.0 Å². The number of methoxy groups -OCH3 is 2. The topological polar surface area (TPSA) is 366 Å². The molecule has 9 amide bonds. The third-order valence-corrected chi connectivity index (χ3v) is 14.3. The summed E-state index contributed by atoms with van der Waals surface area (Å²) in [4.78, 5) is 151. The average Bonchev–Trinajstić information content (AvgIpc) is 3.96. The van der Waals surface area contributed by atoms with E-state index in [0.29, 0.717) is 30.7 Å². The van der Waals surface area contributed by atoms with Crippen molar-refractivity contribution in [3.63, 3.8) is 0 Å². The second-order valence-electron chi connectivity index (χ2n) is 20.7. The zero-order chi connectivity index (χ0) is 58.0. The summed E-state index contributed by atoms with van der Waals surface area (Å²) in [7, 11) is 8.05. The lowest BCUT2D eigenvalue weighted by molar-refractivity contribution is -0.148. The minimum absolute atomic E-state index is 0.0346. The van der Waals surface area contributed by atoms with E-state index < -0.39 is 146 Å². The molecule has 26 nitrogen and oxygen atoms in total. The molecule has 2 aliphatic heterocycles. The Morgan fingerprint density at radius 1 is 0.763 bits per heavy atom. The van der Waals surface area contributed by atoms with Gasteiger partial charge in [0.1, 0.15) is 30.2 Å². The molecule has 76 heavy (non-hydrogen) atoms. The Hall–Kier alpha value is -5.83. The summed E-state index contributed by atoms with van der Waals surface area (Å²) in [6.45, 7) is 13.1. The van der Waals surface area contributed by atoms with Gasteiger partial charge in [0.05, 0.1) is 48.8 Å². The Balaban J connectivity index is 2.30. The predicted molar refractivity (Wildman–Crippen MR) is 274 cm³/mol. The number of aliphatic carboxylic acids is 2. The van der Waals surface area contributed by atoms with Gasteiger partial charge in [-0.3, -0.25) is 57.7 Å². The number of carboxylic acids is 2. The smallest absolute Gasteiger partial charge is 0.328 e. The van der Waals surface area contributed by atoms with Gasteiger partial charge in [-0.2, -0.15) is 0 Å². The Labute approximate surface area is 445 Å². The van der Waals surface area contributed by atoms with Crippen molar-refractivity contribution in [2.24, 2.45) is 29.4 Å². The van der Waals surface area contributed by atoms with E-state index >= 15 is 0 Å². The van der Waals surface area contributed by atoms with E-state index in [1.165, 1.54) is 28.1 Å². The third kappa shape index (κ3) is 17.9. The van der Waals surface area contributed by atoms with Gasteiger partial charge in [0.2, 0.25) is 53.2 Å². The van der Waals surface area contributed by atoms with E-state index in [9.17, 15) is 68.1 Å². The van der Waals surface area contributed by atoms with Gasteiger partial charge in [-0.25, -0.2) is 4.79 Å². The molecule has 0 radical (unpaired) electrons. The van der Waals surface area contributed by atoms with Crippen LogP contribution in [0.5, 0.6) is 0 Å². The first kappa shape index (κ1) is 66.3. The fraction of sp³-hybridized carbons (Fsp3) is 0.780. The highest BCUT2D eigenvalue weighted by Gasteiger charge is 2.45. The number of imide groups is 1. The van der Waals surface area contributed by atoms with Crippen LogP contribution in [0.4, 0.5) is 0 Å². The second kappa shape index (κ2) is 30.8. The maximum atomic E-state index is 14.4. The van der Waals surface area contributed by atoms with Gasteiger partial charge in [0.15, 0.2) is 0 Å². The van der Waals surface area contributed by atoms with Crippen LogP contribution < -0.4 is 32.3 Å². The van der Waals surface area contributed by atoms with Gasteiger partial charge < -0.3 is 66.9 Å². The van der Waals surface area contributed by atoms with Crippen LogP contribution in [0.25, 0.3) is 0 Å². The lowest BCUT2D eigenvalue weighted by atomic mass is 9.89. The summed E-state index contributed by atoms with van der Waals surface area (Å²) in [5.41, 5.74) is 5.65. The number of likely N-dealkylation sites (tertiary alicyclic amines) is 2. The maximum absolute atomic E-state index is 14.4. The van der Waals surface area contributed by atoms with Crippen molar-refractivity contribution in [2.45, 2.75) is 173 Å². The number of aliphatic hydroxyl groups is 1. The minimum atomic E-state index is -1.88. The fourth-order valence-electron chi connectivity index (χ4n) is 9.96. The van der Waals surface area contributed by atoms with Crippen molar-refractivity contribution in [1.82, 2.24) is 46.2 Å². The molecule has 0 aliphatic carbocycles. The summed E-state index contributed by atoms with van der Waals surface area (Å²) in [6, 6.07) is -9.49. The molecule has 2 fully saturated rings. The highest BCUT2D eigenvalue weighted by atomic mass is 16.5. The molecule has 0 bridgehead atoms. The van der Waals surface area contributed by atoms with Gasteiger partial charge >= 0.3 is 11.9 Å². The van der Waals surface area contributed by atoms with Crippen LogP contribution >= 0.6 is 0 Å². The zero-order valence-corrected chi connectivity index (χ0v) is 46.5. The fourth-order valence-corrected chi connectivity index (χ4v) is 9.96. The van der Waals surface area contributed by atoms with Crippen LogP contribution in [0, 0.1) is 23.7 Å². The second-order valence-corrected chi connectivity index (χ2v) is 20.7. The number of ether oxygens (including phenoxy) is 2. The number of hydrogen-bond donors (Lipinski definition) is 9. The SMILES string of the molecule is CC[C@H](C)[C@@H]([C@@H](CC(=O)N1CCC[C@H]1[C@H](OC)[C@@H](C)C(=O)NC(C(=O)N[C@@H](CCC(=O)O)C(=O)N[C@@H](CNC(=O)C(CN)N1C(=O)CCC1=O)C(=O)O)[C@@H](C)O)OC)N(C)C(=O)C(NC(=O)[C@H](C(C)C)N(C)C)C(C)C. The number of hydrogen-bond acceptors (Lipinski definition) is 16. The number of nitrogens with one attached hydrogen (secondary N) is 5. The summed E-state index contributed by atoms with van der Waals surface area (Å²) < 4.78 is 11.9. The third-order valence-electron chi connectivity index (χ3n) is 14.3. The zero-order valence-electron chi connectivity index (χ0n) is 46.5. The average molecular weight is 1080 g/mol. The number of nitrogens with zero attached hydrogens (tertiary/aromatic N) is 4. The van der Waals surface area contributed by atoms with Crippen LogP contribution in [-0.2, 0) is 62.2 Å². The standard InChI is InChI=1S/C50H86N10O16/c1-14-27(6)42(58(11)49(72)39(25(2)3)55-48(71)41(26(4)5)57(9)10)34(75-12)22-37(64)59-21-15-16-32(59)43(76-13)28(7)44(67)56-40(29(8)61)47(70)53-30(17-20-38(65)66)45(68)54-31(50(73)74)24-52-46(69)33(23-51)60-35(62)18-19-36(60)63/h25-34,39-43,61H,14-24,51H2,1-13H3,(H,52,69)(H,53,70)(H,54,68)(H,55,71)(H,56,67)(H,65,66)(H,73,74)/t27-,28+,29+,30-,31-,32-,33?,34+,39?,40?,41-,42-,43+/m0/s1. The molecule has 2 saturated heterocycles. The van der Waals surface area contributed by atoms with Crippen molar-refractivity contribution < 1.29 is 77.5 Å². The van der Waals surface area contributed by atoms with Crippen molar-refractivity contribution in [3.8, 4) is 0 Å². The molecule has 26 heteroatoms. The minimum Gasteiger partial charge on any atom is -0.481 e. The molecule has 10 N–H and O–H groups in total. The van der Waals surface area contributed by atoms with Crippen molar-refractivity contribution >= 4 is 65.1 Å². The van der Waals surface area contributed by atoms with Gasteiger partial charge in [0.25, 0.3) is 0 Å². The lowest BCUT2D eigenvalue weighted by Crippen LogP contribution is -2.61. The van der Waals surface area contributed by atoms with E-state index in [4.69, 9.17) is 15.2 Å². The highest BCUT2D eigenvalue weighted by Crippen LogP contribution is 2.30. The van der Waals surface area contributed by atoms with Gasteiger partial charge in [-0.05, 0) is 58.0 Å². The first-order valence-electron chi connectivity index (χ1n) is 26.0. The molecule has 2 aliphatic rings. The first-order valence-corrected chi connectivity index (χ1v) is 26.0. The summed E-state index contributed by atoms with van der Waals surface area (Å²) in [6.07, 6.45) is -3.54.